The number of carbonyl (C=O) groups is 2. The standard InChI is InChI=1S/C23H25N3O5/c1-14-21(24-22(27)16-10-11-19(29-3)20(12-16)30-4)15(2)26(25-14)13-17-8-6-7-9-18(17)23(28)31-5/h6-12H,13H2,1-5H3,(H,24,27). The Hall–Kier alpha value is -3.81. The highest BCUT2D eigenvalue weighted by atomic mass is 16.5. The molecular weight excluding hydrogens is 398 g/mol. The zero-order valence-electron chi connectivity index (χ0n) is 18.2. The molecule has 3 rings (SSSR count). The Morgan fingerprint density at radius 1 is 1.00 bits per heavy atom. The molecule has 0 unspecified atom stereocenters. The van der Waals surface area contributed by atoms with Crippen LogP contribution < -0.4 is 14.8 Å². The number of ether oxygens (including phenoxy) is 3. The van der Waals surface area contributed by atoms with Crippen molar-refractivity contribution in [3.63, 3.8) is 0 Å². The average molecular weight is 423 g/mol. The maximum atomic E-state index is 12.8. The van der Waals surface area contributed by atoms with Gasteiger partial charge in [-0.25, -0.2) is 4.79 Å². The van der Waals surface area contributed by atoms with E-state index in [9.17, 15) is 9.59 Å². The van der Waals surface area contributed by atoms with Crippen molar-refractivity contribution in [3.05, 3.63) is 70.5 Å². The van der Waals surface area contributed by atoms with Gasteiger partial charge in [0.1, 0.15) is 0 Å². The SMILES string of the molecule is COC(=O)c1ccccc1Cn1nc(C)c(NC(=O)c2ccc(OC)c(OC)c2)c1C. The van der Waals surface area contributed by atoms with Gasteiger partial charge in [-0.1, -0.05) is 18.2 Å². The Labute approximate surface area is 180 Å². The van der Waals surface area contributed by atoms with E-state index >= 15 is 0 Å². The Morgan fingerprint density at radius 3 is 2.39 bits per heavy atom. The lowest BCUT2D eigenvalue weighted by Gasteiger charge is -2.11. The Kier molecular flexibility index (Phi) is 6.59. The minimum atomic E-state index is -0.404. The van der Waals surface area contributed by atoms with Crippen LogP contribution in [0.1, 0.15) is 37.7 Å². The number of carbonyl (C=O) groups excluding carboxylic acids is 2. The predicted molar refractivity (Wildman–Crippen MR) is 116 cm³/mol. The molecule has 0 saturated carbocycles. The van der Waals surface area contributed by atoms with E-state index < -0.39 is 5.97 Å². The van der Waals surface area contributed by atoms with Crippen LogP contribution in [-0.2, 0) is 11.3 Å². The molecule has 8 heteroatoms. The molecule has 1 N–H and O–H groups in total. The van der Waals surface area contributed by atoms with E-state index in [-0.39, 0.29) is 5.91 Å². The highest BCUT2D eigenvalue weighted by Crippen LogP contribution is 2.28. The van der Waals surface area contributed by atoms with Crippen LogP contribution in [0.5, 0.6) is 11.5 Å². The zero-order valence-corrected chi connectivity index (χ0v) is 18.2. The fraction of sp³-hybridized carbons (Fsp3) is 0.261. The fourth-order valence-electron chi connectivity index (χ4n) is 3.32. The van der Waals surface area contributed by atoms with Crippen LogP contribution in [0.15, 0.2) is 42.5 Å². The van der Waals surface area contributed by atoms with E-state index in [0.717, 1.165) is 11.3 Å². The molecule has 0 aliphatic carbocycles. The summed E-state index contributed by atoms with van der Waals surface area (Å²) >= 11 is 0. The Bertz CT molecular complexity index is 1120. The van der Waals surface area contributed by atoms with Crippen LogP contribution in [-0.4, -0.2) is 43.0 Å². The predicted octanol–water partition coefficient (Wildman–Crippen LogP) is 3.60. The van der Waals surface area contributed by atoms with Crippen LogP contribution in [0.2, 0.25) is 0 Å². The van der Waals surface area contributed by atoms with Crippen molar-refractivity contribution in [1.82, 2.24) is 9.78 Å². The van der Waals surface area contributed by atoms with E-state index in [1.807, 2.05) is 26.0 Å². The lowest BCUT2D eigenvalue weighted by Crippen LogP contribution is -2.14. The number of nitrogens with zero attached hydrogens (tertiary/aromatic N) is 2. The second kappa shape index (κ2) is 9.34. The number of rotatable bonds is 7. The van der Waals surface area contributed by atoms with E-state index in [1.165, 1.54) is 21.3 Å². The molecule has 0 radical (unpaired) electrons. The molecule has 0 spiro atoms. The number of methoxy groups -OCH3 is 3. The normalized spacial score (nSPS) is 10.5. The zero-order chi connectivity index (χ0) is 22.5. The number of esters is 1. The first-order valence-corrected chi connectivity index (χ1v) is 9.63. The van der Waals surface area contributed by atoms with Crippen molar-refractivity contribution in [2.24, 2.45) is 0 Å². The van der Waals surface area contributed by atoms with Crippen molar-refractivity contribution in [2.75, 3.05) is 26.6 Å². The van der Waals surface area contributed by atoms with Gasteiger partial charge in [0.2, 0.25) is 0 Å². The van der Waals surface area contributed by atoms with Gasteiger partial charge in [-0.2, -0.15) is 5.10 Å². The smallest absolute Gasteiger partial charge is 0.338 e. The summed E-state index contributed by atoms with van der Waals surface area (Å²) in [7, 11) is 4.41. The maximum absolute atomic E-state index is 12.8. The van der Waals surface area contributed by atoms with Crippen LogP contribution in [0.25, 0.3) is 0 Å². The molecule has 1 amide bonds. The monoisotopic (exact) mass is 423 g/mol. The first kappa shape index (κ1) is 21.9. The first-order chi connectivity index (χ1) is 14.9. The van der Waals surface area contributed by atoms with Gasteiger partial charge >= 0.3 is 5.97 Å². The number of hydrogen-bond acceptors (Lipinski definition) is 6. The summed E-state index contributed by atoms with van der Waals surface area (Å²) in [6, 6.07) is 12.2. The van der Waals surface area contributed by atoms with Gasteiger partial charge in [-0.15, -0.1) is 0 Å². The van der Waals surface area contributed by atoms with Crippen LogP contribution >= 0.6 is 0 Å². The third-order valence-corrected chi connectivity index (χ3v) is 5.01. The summed E-state index contributed by atoms with van der Waals surface area (Å²) in [5, 5.41) is 7.47. The minimum absolute atomic E-state index is 0.290. The van der Waals surface area contributed by atoms with Gasteiger partial charge in [-0.3, -0.25) is 9.48 Å². The number of benzene rings is 2. The number of nitrogens with one attached hydrogen (secondary N) is 1. The third kappa shape index (κ3) is 4.53. The largest absolute Gasteiger partial charge is 0.493 e. The van der Waals surface area contributed by atoms with E-state index in [0.29, 0.717) is 40.6 Å². The maximum Gasteiger partial charge on any atom is 0.338 e. The number of hydrogen-bond donors (Lipinski definition) is 1. The highest BCUT2D eigenvalue weighted by Gasteiger charge is 2.18. The second-order valence-electron chi connectivity index (χ2n) is 6.88. The summed E-state index contributed by atoms with van der Waals surface area (Å²) in [6.07, 6.45) is 0. The van der Waals surface area contributed by atoms with Gasteiger partial charge in [-0.05, 0) is 43.7 Å². The minimum Gasteiger partial charge on any atom is -0.493 e. The number of aryl methyl sites for hydroxylation is 1. The van der Waals surface area contributed by atoms with E-state index in [2.05, 4.69) is 10.4 Å². The van der Waals surface area contributed by atoms with Gasteiger partial charge < -0.3 is 19.5 Å². The lowest BCUT2D eigenvalue weighted by atomic mass is 10.1. The molecule has 0 bridgehead atoms. The van der Waals surface area contributed by atoms with Gasteiger partial charge in [0.05, 0.1) is 50.5 Å². The van der Waals surface area contributed by atoms with Crippen molar-refractivity contribution in [1.29, 1.82) is 0 Å². The van der Waals surface area contributed by atoms with Crippen LogP contribution in [0.4, 0.5) is 5.69 Å². The van der Waals surface area contributed by atoms with E-state index in [1.54, 1.807) is 35.0 Å². The molecule has 2 aromatic carbocycles. The lowest BCUT2D eigenvalue weighted by molar-refractivity contribution is 0.0599. The number of amides is 1. The molecule has 1 heterocycles. The summed E-state index contributed by atoms with van der Waals surface area (Å²) in [6.45, 7) is 4.05. The van der Waals surface area contributed by atoms with Crippen molar-refractivity contribution >= 4 is 17.6 Å². The summed E-state index contributed by atoms with van der Waals surface area (Å²) in [4.78, 5) is 24.9. The highest BCUT2D eigenvalue weighted by molar-refractivity contribution is 6.05. The molecule has 8 nitrogen and oxygen atoms in total. The molecule has 0 aliphatic heterocycles. The van der Waals surface area contributed by atoms with Gasteiger partial charge in [0, 0.05) is 5.56 Å². The quantitative estimate of drug-likeness (QED) is 0.584. The van der Waals surface area contributed by atoms with Crippen molar-refractivity contribution in [2.45, 2.75) is 20.4 Å². The van der Waals surface area contributed by atoms with Crippen LogP contribution in [0.3, 0.4) is 0 Å². The van der Waals surface area contributed by atoms with Crippen LogP contribution in [0, 0.1) is 13.8 Å². The molecule has 0 fully saturated rings. The van der Waals surface area contributed by atoms with Gasteiger partial charge in [0.25, 0.3) is 5.91 Å². The average Bonchev–Trinajstić information content (AvgIpc) is 3.05. The first-order valence-electron chi connectivity index (χ1n) is 9.63. The van der Waals surface area contributed by atoms with Crippen molar-refractivity contribution in [3.8, 4) is 11.5 Å². The van der Waals surface area contributed by atoms with Crippen molar-refractivity contribution < 1.29 is 23.8 Å². The molecular formula is C23H25N3O5. The topological polar surface area (TPSA) is 91.7 Å². The molecule has 0 saturated heterocycles. The summed E-state index contributed by atoms with van der Waals surface area (Å²) in [5.41, 5.74) is 3.75. The summed E-state index contributed by atoms with van der Waals surface area (Å²) in [5.74, 6) is 0.322. The van der Waals surface area contributed by atoms with Gasteiger partial charge in [0.15, 0.2) is 11.5 Å². The molecule has 1 aromatic heterocycles. The number of anilines is 1. The Morgan fingerprint density at radius 2 is 1.71 bits per heavy atom. The fourth-order valence-corrected chi connectivity index (χ4v) is 3.32. The molecule has 31 heavy (non-hydrogen) atoms. The molecule has 162 valence electrons. The van der Waals surface area contributed by atoms with E-state index in [4.69, 9.17) is 14.2 Å². The second-order valence-corrected chi connectivity index (χ2v) is 6.88. The molecule has 3 aromatic rings. The summed E-state index contributed by atoms with van der Waals surface area (Å²) < 4.78 is 17.1. The molecule has 0 aliphatic rings. The number of aromatic nitrogens is 2. The molecule has 0 atom stereocenters. The Balaban J connectivity index is 1.86. The third-order valence-electron chi connectivity index (χ3n) is 5.01.